The second kappa shape index (κ2) is 10.6. The first kappa shape index (κ1) is 25.9. The van der Waals surface area contributed by atoms with Crippen LogP contribution >= 0.6 is 11.6 Å². The molecule has 2 amide bonds. The van der Waals surface area contributed by atoms with E-state index < -0.39 is 29.7 Å². The number of imide groups is 1. The van der Waals surface area contributed by atoms with Crippen LogP contribution in [0.2, 0.25) is 5.02 Å². The molecule has 194 valence electrons. The largest absolute Gasteiger partial charge is 0.496 e. The van der Waals surface area contributed by atoms with Crippen LogP contribution in [0.25, 0.3) is 0 Å². The molecule has 8 heteroatoms. The van der Waals surface area contributed by atoms with Crippen LogP contribution in [-0.2, 0) is 4.74 Å². The summed E-state index contributed by atoms with van der Waals surface area (Å²) >= 11 is 6.51. The Morgan fingerprint density at radius 2 is 1.41 bits per heavy atom. The number of Topliss-reactive ketones (excluding diaryl/α,β-unsaturated/α-hetero) is 1. The van der Waals surface area contributed by atoms with Crippen molar-refractivity contribution in [3.05, 3.63) is 129 Å². The number of nitrogens with zero attached hydrogens (tertiary/aromatic N) is 1. The molecule has 4 aromatic carbocycles. The smallest absolute Gasteiger partial charge is 0.343 e. The van der Waals surface area contributed by atoms with E-state index in [-0.39, 0.29) is 33.1 Å². The van der Waals surface area contributed by atoms with Crippen molar-refractivity contribution in [2.75, 3.05) is 12.0 Å². The third-order valence-electron chi connectivity index (χ3n) is 6.43. The van der Waals surface area contributed by atoms with Crippen LogP contribution in [0.5, 0.6) is 5.75 Å². The Morgan fingerprint density at radius 3 is 2.00 bits per heavy atom. The average molecular weight is 540 g/mol. The van der Waals surface area contributed by atoms with Crippen LogP contribution in [0.1, 0.15) is 58.7 Å². The Morgan fingerprint density at radius 1 is 0.821 bits per heavy atom. The van der Waals surface area contributed by atoms with Crippen LogP contribution in [0.3, 0.4) is 0 Å². The van der Waals surface area contributed by atoms with Crippen LogP contribution in [-0.4, -0.2) is 30.7 Å². The standard InChI is InChI=1S/C31H22ClNO6/c1-18-12-14-19(15-13-18)27(34)28(20-8-4-3-5-9-20)39-31(37)23-16-24(32)25(17-26(23)38-2)33-29(35)21-10-6-7-11-22(21)30(33)36/h3-17,28H,1-2H3/t28-/m0/s1. The molecule has 1 aliphatic rings. The number of rotatable bonds is 7. The Balaban J connectivity index is 1.49. The summed E-state index contributed by atoms with van der Waals surface area (Å²) in [6.45, 7) is 1.91. The molecule has 0 aliphatic carbocycles. The van der Waals surface area contributed by atoms with Crippen LogP contribution < -0.4 is 9.64 Å². The Bertz CT molecular complexity index is 1580. The highest BCUT2D eigenvalue weighted by molar-refractivity contribution is 6.40. The highest BCUT2D eigenvalue weighted by atomic mass is 35.5. The molecule has 1 atom stereocenters. The molecule has 0 N–H and O–H groups in total. The monoisotopic (exact) mass is 539 g/mol. The van der Waals surface area contributed by atoms with E-state index in [0.29, 0.717) is 11.1 Å². The molecule has 0 unspecified atom stereocenters. The number of carbonyl (C=O) groups is 4. The lowest BCUT2D eigenvalue weighted by Gasteiger charge is -2.20. The molecule has 0 radical (unpaired) electrons. The number of ether oxygens (including phenoxy) is 2. The van der Waals surface area contributed by atoms with E-state index in [9.17, 15) is 19.2 Å². The fraction of sp³-hybridized carbons (Fsp3) is 0.0968. The summed E-state index contributed by atoms with van der Waals surface area (Å²) in [6.07, 6.45) is -1.24. The van der Waals surface area contributed by atoms with Gasteiger partial charge in [-0.1, -0.05) is 83.9 Å². The maximum Gasteiger partial charge on any atom is 0.343 e. The number of carbonyl (C=O) groups excluding carboxylic acids is 4. The highest BCUT2D eigenvalue weighted by Crippen LogP contribution is 2.38. The van der Waals surface area contributed by atoms with Gasteiger partial charge < -0.3 is 9.47 Å². The summed E-state index contributed by atoms with van der Waals surface area (Å²) in [5.74, 6) is -2.32. The van der Waals surface area contributed by atoms with Gasteiger partial charge in [-0.2, -0.15) is 0 Å². The molecular weight excluding hydrogens is 518 g/mol. The van der Waals surface area contributed by atoms with Crippen molar-refractivity contribution >= 4 is 40.9 Å². The van der Waals surface area contributed by atoms with E-state index in [4.69, 9.17) is 21.1 Å². The zero-order chi connectivity index (χ0) is 27.7. The molecule has 1 aliphatic heterocycles. The summed E-state index contributed by atoms with van der Waals surface area (Å²) in [5, 5.41) is -0.0432. The van der Waals surface area contributed by atoms with Crippen molar-refractivity contribution in [2.45, 2.75) is 13.0 Å². The summed E-state index contributed by atoms with van der Waals surface area (Å²) in [5.41, 5.74) is 2.35. The molecule has 1 heterocycles. The second-order valence-electron chi connectivity index (χ2n) is 8.92. The zero-order valence-electron chi connectivity index (χ0n) is 21.0. The highest BCUT2D eigenvalue weighted by Gasteiger charge is 2.38. The van der Waals surface area contributed by atoms with E-state index >= 15 is 0 Å². The van der Waals surface area contributed by atoms with Gasteiger partial charge in [0.15, 0.2) is 6.10 Å². The van der Waals surface area contributed by atoms with Gasteiger partial charge in [0, 0.05) is 17.2 Å². The van der Waals surface area contributed by atoms with Crippen molar-refractivity contribution < 1.29 is 28.7 Å². The van der Waals surface area contributed by atoms with E-state index in [0.717, 1.165) is 10.5 Å². The SMILES string of the molecule is COc1cc(N2C(=O)c3ccccc3C2=O)c(Cl)cc1C(=O)O[C@H](C(=O)c1ccc(C)cc1)c1ccccc1. The molecule has 0 saturated carbocycles. The first-order valence-electron chi connectivity index (χ1n) is 12.0. The second-order valence-corrected chi connectivity index (χ2v) is 9.33. The quantitative estimate of drug-likeness (QED) is 0.157. The number of halogens is 1. The van der Waals surface area contributed by atoms with Gasteiger partial charge in [0.2, 0.25) is 5.78 Å². The van der Waals surface area contributed by atoms with Gasteiger partial charge in [-0.25, -0.2) is 9.69 Å². The summed E-state index contributed by atoms with van der Waals surface area (Å²) in [4.78, 5) is 53.8. The van der Waals surface area contributed by atoms with E-state index in [1.165, 1.54) is 19.2 Å². The topological polar surface area (TPSA) is 90.0 Å². The van der Waals surface area contributed by atoms with E-state index in [1.807, 2.05) is 6.92 Å². The van der Waals surface area contributed by atoms with Gasteiger partial charge in [-0.15, -0.1) is 0 Å². The molecule has 5 rings (SSSR count). The Kier molecular flexibility index (Phi) is 7.00. The predicted molar refractivity (Wildman–Crippen MR) is 146 cm³/mol. The number of ketones is 1. The number of esters is 1. The summed E-state index contributed by atoms with van der Waals surface area (Å²) in [6, 6.07) is 24.7. The van der Waals surface area contributed by atoms with Crippen molar-refractivity contribution in [3.8, 4) is 5.75 Å². The fourth-order valence-electron chi connectivity index (χ4n) is 4.39. The molecule has 39 heavy (non-hydrogen) atoms. The average Bonchev–Trinajstić information content (AvgIpc) is 3.21. The summed E-state index contributed by atoms with van der Waals surface area (Å²) in [7, 11) is 1.33. The van der Waals surface area contributed by atoms with Gasteiger partial charge in [-0.05, 0) is 25.1 Å². The van der Waals surface area contributed by atoms with Gasteiger partial charge >= 0.3 is 5.97 Å². The zero-order valence-corrected chi connectivity index (χ0v) is 21.8. The number of anilines is 1. The van der Waals surface area contributed by atoms with Crippen molar-refractivity contribution in [1.29, 1.82) is 0 Å². The van der Waals surface area contributed by atoms with Crippen molar-refractivity contribution in [3.63, 3.8) is 0 Å². The third kappa shape index (κ3) is 4.80. The number of benzene rings is 4. The molecule has 0 aromatic heterocycles. The van der Waals surface area contributed by atoms with Gasteiger partial charge in [0.05, 0.1) is 28.9 Å². The molecule has 0 spiro atoms. The maximum atomic E-state index is 13.4. The Labute approximate surface area is 229 Å². The van der Waals surface area contributed by atoms with Crippen molar-refractivity contribution in [1.82, 2.24) is 0 Å². The van der Waals surface area contributed by atoms with Crippen molar-refractivity contribution in [2.24, 2.45) is 0 Å². The molecular formula is C31H22ClNO6. The lowest BCUT2D eigenvalue weighted by molar-refractivity contribution is 0.0277. The number of amides is 2. The maximum absolute atomic E-state index is 13.4. The first-order valence-corrected chi connectivity index (χ1v) is 12.4. The predicted octanol–water partition coefficient (Wildman–Crippen LogP) is 6.24. The van der Waals surface area contributed by atoms with Crippen LogP contribution in [0.15, 0.2) is 91.0 Å². The molecule has 7 nitrogen and oxygen atoms in total. The number of hydrogen-bond donors (Lipinski definition) is 0. The van der Waals surface area contributed by atoms with Crippen LogP contribution in [0, 0.1) is 6.92 Å². The minimum absolute atomic E-state index is 0.0190. The normalized spacial score (nSPS) is 13.2. The van der Waals surface area contributed by atoms with Gasteiger partial charge in [0.1, 0.15) is 11.3 Å². The third-order valence-corrected chi connectivity index (χ3v) is 6.73. The number of hydrogen-bond acceptors (Lipinski definition) is 6. The van der Waals surface area contributed by atoms with E-state index in [2.05, 4.69) is 0 Å². The van der Waals surface area contributed by atoms with Gasteiger partial charge in [0.25, 0.3) is 11.8 Å². The number of fused-ring (bicyclic) bond motifs is 1. The first-order chi connectivity index (χ1) is 18.8. The molecule has 4 aromatic rings. The minimum atomic E-state index is -1.24. The Hall–Kier alpha value is -4.75. The minimum Gasteiger partial charge on any atom is -0.496 e. The van der Waals surface area contributed by atoms with E-state index in [1.54, 1.807) is 78.9 Å². The van der Waals surface area contributed by atoms with Gasteiger partial charge in [-0.3, -0.25) is 14.4 Å². The lowest BCUT2D eigenvalue weighted by Crippen LogP contribution is -2.30. The lowest BCUT2D eigenvalue weighted by atomic mass is 9.99. The molecule has 0 fully saturated rings. The molecule has 0 bridgehead atoms. The fourth-order valence-corrected chi connectivity index (χ4v) is 4.64. The number of methoxy groups -OCH3 is 1. The number of aryl methyl sites for hydroxylation is 1. The van der Waals surface area contributed by atoms with Crippen LogP contribution in [0.4, 0.5) is 5.69 Å². The summed E-state index contributed by atoms with van der Waals surface area (Å²) < 4.78 is 11.2. The molecule has 0 saturated heterocycles.